The van der Waals surface area contributed by atoms with Crippen LogP contribution in [0.4, 0.5) is 0 Å². The molecule has 2 aromatic carbocycles. The molecule has 82 valence electrons. The van der Waals surface area contributed by atoms with Gasteiger partial charge in [0.1, 0.15) is 18.1 Å². The van der Waals surface area contributed by atoms with Crippen molar-refractivity contribution in [3.63, 3.8) is 0 Å². The highest BCUT2D eigenvalue weighted by Gasteiger charge is 2.00. The van der Waals surface area contributed by atoms with Gasteiger partial charge in [-0.2, -0.15) is 0 Å². The molecule has 0 saturated heterocycles. The summed E-state index contributed by atoms with van der Waals surface area (Å²) < 4.78 is 5.59. The van der Waals surface area contributed by atoms with E-state index < -0.39 is 0 Å². The fraction of sp³-hybridized carbons (Fsp3) is 0.143. The van der Waals surface area contributed by atoms with E-state index in [9.17, 15) is 5.11 Å². The third-order valence-corrected chi connectivity index (χ3v) is 2.38. The fourth-order valence-corrected chi connectivity index (χ4v) is 1.50. The first-order valence-electron chi connectivity index (χ1n) is 5.22. The zero-order valence-corrected chi connectivity index (χ0v) is 9.18. The van der Waals surface area contributed by atoms with Gasteiger partial charge in [0.05, 0.1) is 0 Å². The number of hydrogen-bond acceptors (Lipinski definition) is 2. The molecule has 2 aromatic rings. The third kappa shape index (κ3) is 2.54. The van der Waals surface area contributed by atoms with E-state index in [1.807, 2.05) is 43.3 Å². The van der Waals surface area contributed by atoms with E-state index in [-0.39, 0.29) is 5.75 Å². The number of benzene rings is 2. The number of aromatic hydroxyl groups is 1. The minimum atomic E-state index is 0.273. The summed E-state index contributed by atoms with van der Waals surface area (Å²) in [6.07, 6.45) is 0. The maximum atomic E-state index is 9.56. The molecule has 0 aliphatic carbocycles. The Balaban J connectivity index is 2.05. The summed E-state index contributed by atoms with van der Waals surface area (Å²) in [4.78, 5) is 0. The number of hydrogen-bond donors (Lipinski definition) is 1. The monoisotopic (exact) mass is 214 g/mol. The second-order valence-corrected chi connectivity index (χ2v) is 3.73. The van der Waals surface area contributed by atoms with Crippen LogP contribution in [0.3, 0.4) is 0 Å². The summed E-state index contributed by atoms with van der Waals surface area (Å²) in [7, 11) is 0. The van der Waals surface area contributed by atoms with Gasteiger partial charge < -0.3 is 9.84 Å². The number of aryl methyl sites for hydroxylation is 1. The first-order valence-corrected chi connectivity index (χ1v) is 5.22. The van der Waals surface area contributed by atoms with Crippen LogP contribution in [-0.4, -0.2) is 5.11 Å². The Morgan fingerprint density at radius 3 is 2.62 bits per heavy atom. The maximum absolute atomic E-state index is 9.56. The van der Waals surface area contributed by atoms with Crippen molar-refractivity contribution in [2.75, 3.05) is 0 Å². The van der Waals surface area contributed by atoms with Gasteiger partial charge >= 0.3 is 0 Å². The van der Waals surface area contributed by atoms with Gasteiger partial charge in [-0.05, 0) is 30.7 Å². The average molecular weight is 214 g/mol. The minimum absolute atomic E-state index is 0.273. The van der Waals surface area contributed by atoms with Gasteiger partial charge in [0.2, 0.25) is 0 Å². The fourth-order valence-electron chi connectivity index (χ4n) is 1.50. The second kappa shape index (κ2) is 4.71. The van der Waals surface area contributed by atoms with Crippen LogP contribution in [0, 0.1) is 6.92 Å². The molecule has 0 atom stereocenters. The van der Waals surface area contributed by atoms with Crippen molar-refractivity contribution in [2.24, 2.45) is 0 Å². The molecule has 0 unspecified atom stereocenters. The van der Waals surface area contributed by atoms with Crippen LogP contribution in [0.2, 0.25) is 0 Å². The highest BCUT2D eigenvalue weighted by atomic mass is 16.5. The normalized spacial score (nSPS) is 10.1. The Morgan fingerprint density at radius 1 is 1.06 bits per heavy atom. The van der Waals surface area contributed by atoms with Gasteiger partial charge in [0, 0.05) is 5.56 Å². The van der Waals surface area contributed by atoms with Crippen LogP contribution in [0.25, 0.3) is 0 Å². The van der Waals surface area contributed by atoms with E-state index in [1.54, 1.807) is 12.1 Å². The third-order valence-electron chi connectivity index (χ3n) is 2.38. The van der Waals surface area contributed by atoms with Crippen LogP contribution in [0.15, 0.2) is 48.5 Å². The van der Waals surface area contributed by atoms with Gasteiger partial charge in [-0.3, -0.25) is 0 Å². The van der Waals surface area contributed by atoms with E-state index in [2.05, 4.69) is 0 Å². The van der Waals surface area contributed by atoms with Crippen LogP contribution in [0.5, 0.6) is 11.5 Å². The Hall–Kier alpha value is -1.96. The summed E-state index contributed by atoms with van der Waals surface area (Å²) in [6.45, 7) is 2.41. The van der Waals surface area contributed by atoms with E-state index in [1.165, 1.54) is 0 Å². The largest absolute Gasteiger partial charge is 0.508 e. The van der Waals surface area contributed by atoms with Crippen molar-refractivity contribution in [3.05, 3.63) is 59.7 Å². The quantitative estimate of drug-likeness (QED) is 0.849. The Kier molecular flexibility index (Phi) is 3.10. The standard InChI is InChI=1S/C14H14O2/c1-11-5-4-7-13(9-11)16-10-12-6-2-3-8-14(12)15/h2-9,15H,10H2,1H3. The lowest BCUT2D eigenvalue weighted by molar-refractivity contribution is 0.299. The number of phenolic OH excluding ortho intramolecular Hbond substituents is 1. The van der Waals surface area contributed by atoms with Gasteiger partial charge in [-0.15, -0.1) is 0 Å². The first kappa shape index (κ1) is 10.6. The van der Waals surface area contributed by atoms with Crippen LogP contribution in [0.1, 0.15) is 11.1 Å². The molecule has 2 nitrogen and oxygen atoms in total. The molecular formula is C14H14O2. The predicted molar refractivity (Wildman–Crippen MR) is 63.6 cm³/mol. The molecule has 0 aromatic heterocycles. The zero-order chi connectivity index (χ0) is 11.4. The van der Waals surface area contributed by atoms with Gasteiger partial charge in [0.25, 0.3) is 0 Å². The van der Waals surface area contributed by atoms with Crippen molar-refractivity contribution in [2.45, 2.75) is 13.5 Å². The summed E-state index contributed by atoms with van der Waals surface area (Å²) in [5.74, 6) is 1.10. The highest BCUT2D eigenvalue weighted by Crippen LogP contribution is 2.19. The Bertz CT molecular complexity index is 478. The second-order valence-electron chi connectivity index (χ2n) is 3.73. The summed E-state index contributed by atoms with van der Waals surface area (Å²) in [6, 6.07) is 15.1. The average Bonchev–Trinajstić information content (AvgIpc) is 2.28. The topological polar surface area (TPSA) is 29.5 Å². The van der Waals surface area contributed by atoms with E-state index >= 15 is 0 Å². The highest BCUT2D eigenvalue weighted by molar-refractivity contribution is 5.32. The number of rotatable bonds is 3. The number of para-hydroxylation sites is 1. The smallest absolute Gasteiger partial charge is 0.122 e. The Morgan fingerprint density at radius 2 is 1.88 bits per heavy atom. The molecule has 0 bridgehead atoms. The molecule has 2 rings (SSSR count). The van der Waals surface area contributed by atoms with Crippen molar-refractivity contribution in [3.8, 4) is 11.5 Å². The molecular weight excluding hydrogens is 200 g/mol. The maximum Gasteiger partial charge on any atom is 0.122 e. The van der Waals surface area contributed by atoms with Crippen LogP contribution < -0.4 is 4.74 Å². The molecule has 0 aliphatic heterocycles. The molecule has 0 aliphatic rings. The molecule has 16 heavy (non-hydrogen) atoms. The lowest BCUT2D eigenvalue weighted by atomic mass is 10.2. The summed E-state index contributed by atoms with van der Waals surface area (Å²) in [5, 5.41) is 9.56. The molecule has 0 saturated carbocycles. The molecule has 2 heteroatoms. The molecule has 0 spiro atoms. The molecule has 0 fully saturated rings. The number of phenols is 1. The lowest BCUT2D eigenvalue weighted by Crippen LogP contribution is -1.95. The summed E-state index contributed by atoms with van der Waals surface area (Å²) in [5.41, 5.74) is 1.96. The first-order chi connectivity index (χ1) is 7.75. The van der Waals surface area contributed by atoms with Crippen molar-refractivity contribution in [1.82, 2.24) is 0 Å². The van der Waals surface area contributed by atoms with E-state index in [0.717, 1.165) is 16.9 Å². The molecule has 0 heterocycles. The zero-order valence-electron chi connectivity index (χ0n) is 9.18. The van der Waals surface area contributed by atoms with Crippen molar-refractivity contribution >= 4 is 0 Å². The minimum Gasteiger partial charge on any atom is -0.508 e. The van der Waals surface area contributed by atoms with Crippen molar-refractivity contribution in [1.29, 1.82) is 0 Å². The lowest BCUT2D eigenvalue weighted by Gasteiger charge is -2.08. The molecule has 1 N–H and O–H groups in total. The Labute approximate surface area is 95.1 Å². The van der Waals surface area contributed by atoms with E-state index in [4.69, 9.17) is 4.74 Å². The molecule has 0 amide bonds. The van der Waals surface area contributed by atoms with E-state index in [0.29, 0.717) is 6.61 Å². The van der Waals surface area contributed by atoms with Gasteiger partial charge in [-0.25, -0.2) is 0 Å². The van der Waals surface area contributed by atoms with Crippen molar-refractivity contribution < 1.29 is 9.84 Å². The van der Waals surface area contributed by atoms with Gasteiger partial charge in [-0.1, -0.05) is 30.3 Å². The van der Waals surface area contributed by atoms with Crippen LogP contribution >= 0.6 is 0 Å². The summed E-state index contributed by atoms with van der Waals surface area (Å²) >= 11 is 0. The predicted octanol–water partition coefficient (Wildman–Crippen LogP) is 3.28. The number of ether oxygens (including phenoxy) is 1. The van der Waals surface area contributed by atoms with Gasteiger partial charge in [0.15, 0.2) is 0 Å². The van der Waals surface area contributed by atoms with Crippen LogP contribution in [-0.2, 0) is 6.61 Å². The SMILES string of the molecule is Cc1cccc(OCc2ccccc2O)c1. The molecule has 0 radical (unpaired) electrons.